The Labute approximate surface area is 53.8 Å². The molecule has 0 aliphatic rings. The smallest absolute Gasteiger partial charge is 0 e. The molecular formula is C3H9F2GeP. The minimum absolute atomic E-state index is 0. The van der Waals surface area contributed by atoms with Gasteiger partial charge in [0.1, 0.15) is 0 Å². The molecule has 7 heavy (non-hydrogen) atoms. The van der Waals surface area contributed by atoms with Crippen molar-refractivity contribution in [2.24, 2.45) is 0 Å². The minimum Gasteiger partial charge on any atom is 0 e. The Morgan fingerprint density at radius 1 is 1.00 bits per heavy atom. The predicted octanol–water partition coefficient (Wildman–Crippen LogP) is 1.82. The van der Waals surface area contributed by atoms with Crippen LogP contribution in [-0.4, -0.2) is 37.6 Å². The average molecular weight is 187 g/mol. The van der Waals surface area contributed by atoms with Gasteiger partial charge in [-0.05, 0) is 0 Å². The molecule has 0 amide bonds. The predicted molar refractivity (Wildman–Crippen MR) is 32.7 cm³/mol. The van der Waals surface area contributed by atoms with Gasteiger partial charge in [-0.1, -0.05) is 0 Å². The van der Waals surface area contributed by atoms with Gasteiger partial charge in [0.15, 0.2) is 0 Å². The number of halogens is 2. The summed E-state index contributed by atoms with van der Waals surface area (Å²) in [4.78, 5) is 0. The van der Waals surface area contributed by atoms with E-state index >= 15 is 0 Å². The zero-order chi connectivity index (χ0) is 5.45. The maximum absolute atomic E-state index is 11.8. The van der Waals surface area contributed by atoms with Crippen molar-refractivity contribution in [3.05, 3.63) is 0 Å². The van der Waals surface area contributed by atoms with E-state index in [9.17, 15) is 8.39 Å². The third kappa shape index (κ3) is 230. The van der Waals surface area contributed by atoms with Crippen LogP contribution in [0, 0.1) is 0 Å². The van der Waals surface area contributed by atoms with E-state index < -0.39 is 7.22 Å². The Hall–Kier alpha value is 0.833. The molecule has 0 bridgehead atoms. The maximum atomic E-state index is 11.8. The van der Waals surface area contributed by atoms with E-state index in [-0.39, 0.29) is 17.6 Å². The molecule has 0 aliphatic carbocycles. The van der Waals surface area contributed by atoms with E-state index in [1.165, 1.54) is 0 Å². The van der Waals surface area contributed by atoms with Crippen LogP contribution in [0.25, 0.3) is 0 Å². The fourth-order valence-electron chi connectivity index (χ4n) is 0. The molecule has 0 saturated carbocycles. The molecule has 0 aromatic heterocycles. The molecule has 0 atom stereocenters. The molecule has 0 aromatic carbocycles. The van der Waals surface area contributed by atoms with E-state index in [2.05, 4.69) is 0 Å². The summed E-state index contributed by atoms with van der Waals surface area (Å²) in [5.74, 6) is 0. The molecule has 4 heteroatoms. The molecular weight excluding hydrogens is 178 g/mol. The maximum Gasteiger partial charge on any atom is 0 e. The second-order valence-electron chi connectivity index (χ2n) is 2.42. The molecule has 0 saturated heterocycles. The van der Waals surface area contributed by atoms with Crippen LogP contribution in [0.4, 0.5) is 8.39 Å². The van der Waals surface area contributed by atoms with Crippen LogP contribution in [0.2, 0.25) is 0 Å². The van der Waals surface area contributed by atoms with Crippen molar-refractivity contribution in [2.45, 2.75) is 0 Å². The van der Waals surface area contributed by atoms with Gasteiger partial charge in [0, 0.05) is 17.6 Å². The van der Waals surface area contributed by atoms with Crippen molar-refractivity contribution in [3.63, 3.8) is 0 Å². The first kappa shape index (κ1) is 10.7. The number of rotatable bonds is 0. The summed E-state index contributed by atoms with van der Waals surface area (Å²) in [5, 5.41) is 0. The molecule has 0 rings (SSSR count). The van der Waals surface area contributed by atoms with Crippen molar-refractivity contribution < 1.29 is 8.39 Å². The number of hydrogen-bond donors (Lipinski definition) is 0. The average Bonchev–Trinajstić information content (AvgIpc) is 0.650. The molecule has 4 radical (unpaired) electrons. The zero-order valence-electron chi connectivity index (χ0n) is 4.70. The third-order valence-corrected chi connectivity index (χ3v) is 0. The van der Waals surface area contributed by atoms with E-state index in [1.807, 2.05) is 0 Å². The summed E-state index contributed by atoms with van der Waals surface area (Å²) in [6, 6.07) is 0. The van der Waals surface area contributed by atoms with Gasteiger partial charge in [0.2, 0.25) is 0 Å². The minimum atomic E-state index is -4.05. The van der Waals surface area contributed by atoms with Crippen LogP contribution in [-0.2, 0) is 0 Å². The molecule has 0 heterocycles. The van der Waals surface area contributed by atoms with Crippen LogP contribution in [0.1, 0.15) is 0 Å². The van der Waals surface area contributed by atoms with E-state index in [4.69, 9.17) is 0 Å². The molecule has 0 unspecified atom stereocenters. The standard InChI is InChI=1S/C3H9F2P.Ge/c1-6(2,3,4)5;/h1-3H3;. The molecule has 0 nitrogen and oxygen atoms in total. The summed E-state index contributed by atoms with van der Waals surface area (Å²) < 4.78 is 23.7. The Morgan fingerprint density at radius 3 is 1.00 bits per heavy atom. The summed E-state index contributed by atoms with van der Waals surface area (Å²) in [7, 11) is -4.05. The first-order valence-corrected chi connectivity index (χ1v) is 5.04. The fourth-order valence-corrected chi connectivity index (χ4v) is 0. The van der Waals surface area contributed by atoms with E-state index in [0.717, 1.165) is 20.0 Å². The van der Waals surface area contributed by atoms with Crippen LogP contribution < -0.4 is 0 Å². The Morgan fingerprint density at radius 2 is 1.00 bits per heavy atom. The first-order valence-electron chi connectivity index (χ1n) is 1.68. The normalized spacial score (nSPS) is 16.4. The topological polar surface area (TPSA) is 0 Å². The van der Waals surface area contributed by atoms with Crippen LogP contribution in [0.3, 0.4) is 0 Å². The zero-order valence-corrected chi connectivity index (χ0v) is 7.70. The number of hydrogen-bond acceptors (Lipinski definition) is 0. The van der Waals surface area contributed by atoms with Crippen molar-refractivity contribution in [1.29, 1.82) is 0 Å². The second-order valence-corrected chi connectivity index (χ2v) is 7.26. The molecule has 0 fully saturated rings. The Balaban J connectivity index is 0. The van der Waals surface area contributed by atoms with E-state index in [1.54, 1.807) is 0 Å². The van der Waals surface area contributed by atoms with Crippen molar-refractivity contribution in [1.82, 2.24) is 0 Å². The summed E-state index contributed by atoms with van der Waals surface area (Å²) >= 11 is 0. The molecule has 0 N–H and O–H groups in total. The van der Waals surface area contributed by atoms with Gasteiger partial charge in [-0.25, -0.2) is 0 Å². The van der Waals surface area contributed by atoms with E-state index in [0.29, 0.717) is 0 Å². The summed E-state index contributed by atoms with van der Waals surface area (Å²) in [5.41, 5.74) is 0. The van der Waals surface area contributed by atoms with Crippen LogP contribution in [0.15, 0.2) is 0 Å². The Kier molecular flexibility index (Phi) is 3.04. The van der Waals surface area contributed by atoms with Crippen LogP contribution in [0.5, 0.6) is 0 Å². The van der Waals surface area contributed by atoms with Crippen molar-refractivity contribution in [3.8, 4) is 0 Å². The summed E-state index contributed by atoms with van der Waals surface area (Å²) in [6.07, 6.45) is 0. The van der Waals surface area contributed by atoms with Gasteiger partial charge >= 0.3 is 35.6 Å². The van der Waals surface area contributed by atoms with Gasteiger partial charge in [0.25, 0.3) is 0 Å². The van der Waals surface area contributed by atoms with Gasteiger partial charge in [0.05, 0.1) is 0 Å². The molecule has 0 aromatic rings. The van der Waals surface area contributed by atoms with Crippen molar-refractivity contribution in [2.75, 3.05) is 20.0 Å². The Bertz CT molecular complexity index is 46.1. The van der Waals surface area contributed by atoms with Gasteiger partial charge in [-0.2, -0.15) is 0 Å². The summed E-state index contributed by atoms with van der Waals surface area (Å²) in [6.45, 7) is 3.02. The monoisotopic (exact) mass is 188 g/mol. The third-order valence-electron chi connectivity index (χ3n) is 0. The first-order chi connectivity index (χ1) is 2.24. The molecule has 0 aliphatic heterocycles. The SMILES string of the molecule is CP(C)(C)(F)F.[Ge]. The van der Waals surface area contributed by atoms with Crippen LogP contribution >= 0.6 is 7.22 Å². The van der Waals surface area contributed by atoms with Gasteiger partial charge < -0.3 is 0 Å². The second kappa shape index (κ2) is 1.98. The fraction of sp³-hybridized carbons (Fsp3) is 1.00. The van der Waals surface area contributed by atoms with Gasteiger partial charge in [-0.15, -0.1) is 0 Å². The largest absolute Gasteiger partial charge is 0 e. The van der Waals surface area contributed by atoms with Crippen molar-refractivity contribution >= 4 is 24.8 Å². The molecule has 0 spiro atoms. The quantitative estimate of drug-likeness (QED) is 0.400. The molecule has 44 valence electrons. The van der Waals surface area contributed by atoms with Gasteiger partial charge in [-0.3, -0.25) is 0 Å².